The van der Waals surface area contributed by atoms with Crippen molar-refractivity contribution < 1.29 is 9.53 Å². The maximum atomic E-state index is 11.8. The number of ether oxygens (including phenoxy) is 1. The van der Waals surface area contributed by atoms with Gasteiger partial charge in [0.15, 0.2) is 0 Å². The molecule has 0 unspecified atom stereocenters. The van der Waals surface area contributed by atoms with Gasteiger partial charge in [-0.05, 0) is 36.5 Å². The number of hydrogen-bond donors (Lipinski definition) is 2. The summed E-state index contributed by atoms with van der Waals surface area (Å²) in [6.07, 6.45) is 5.59. The number of rotatable bonds is 5. The number of nitrogen functional groups attached to an aromatic ring is 1. The van der Waals surface area contributed by atoms with Crippen LogP contribution in [0.5, 0.6) is 5.75 Å². The molecule has 0 bridgehead atoms. The first-order valence-corrected chi connectivity index (χ1v) is 6.88. The predicted molar refractivity (Wildman–Crippen MR) is 75.8 cm³/mol. The van der Waals surface area contributed by atoms with Gasteiger partial charge < -0.3 is 15.8 Å². The minimum Gasteiger partial charge on any atom is -0.495 e. The molecule has 2 rings (SSSR count). The van der Waals surface area contributed by atoms with E-state index >= 15 is 0 Å². The minimum atomic E-state index is 0.140. The van der Waals surface area contributed by atoms with E-state index in [4.69, 9.17) is 10.5 Å². The Balaban J connectivity index is 1.81. The molecule has 1 fully saturated rings. The number of nitrogens with one attached hydrogen (secondary N) is 1. The van der Waals surface area contributed by atoms with E-state index in [2.05, 4.69) is 5.32 Å². The molecule has 104 valence electrons. The van der Waals surface area contributed by atoms with Crippen LogP contribution in [0.15, 0.2) is 18.2 Å². The lowest BCUT2D eigenvalue weighted by Crippen LogP contribution is -2.24. The molecule has 19 heavy (non-hydrogen) atoms. The van der Waals surface area contributed by atoms with E-state index in [-0.39, 0.29) is 5.91 Å². The van der Waals surface area contributed by atoms with Crippen molar-refractivity contribution in [3.05, 3.63) is 23.8 Å². The summed E-state index contributed by atoms with van der Waals surface area (Å²) in [5.74, 6) is 1.39. The maximum Gasteiger partial charge on any atom is 0.220 e. The molecule has 0 aliphatic heterocycles. The molecular formula is C15H22N2O2. The van der Waals surface area contributed by atoms with Crippen molar-refractivity contribution in [2.75, 3.05) is 12.8 Å². The summed E-state index contributed by atoms with van der Waals surface area (Å²) in [6, 6.07) is 5.59. The third-order valence-corrected chi connectivity index (χ3v) is 3.73. The highest BCUT2D eigenvalue weighted by atomic mass is 16.5. The number of benzene rings is 1. The van der Waals surface area contributed by atoms with E-state index in [1.54, 1.807) is 7.11 Å². The molecule has 3 N–H and O–H groups in total. The third kappa shape index (κ3) is 3.88. The Morgan fingerprint density at radius 2 is 2.16 bits per heavy atom. The van der Waals surface area contributed by atoms with Gasteiger partial charge in [-0.3, -0.25) is 4.79 Å². The largest absolute Gasteiger partial charge is 0.495 e. The lowest BCUT2D eigenvalue weighted by molar-refractivity contribution is -0.122. The highest BCUT2D eigenvalue weighted by Crippen LogP contribution is 2.27. The van der Waals surface area contributed by atoms with Crippen molar-refractivity contribution in [1.82, 2.24) is 5.32 Å². The van der Waals surface area contributed by atoms with Crippen molar-refractivity contribution in [3.63, 3.8) is 0 Å². The molecule has 0 heterocycles. The van der Waals surface area contributed by atoms with Gasteiger partial charge in [0.2, 0.25) is 5.91 Å². The van der Waals surface area contributed by atoms with Crippen LogP contribution in [0.3, 0.4) is 0 Å². The van der Waals surface area contributed by atoms with Crippen LogP contribution in [0.2, 0.25) is 0 Å². The van der Waals surface area contributed by atoms with Gasteiger partial charge in [0.25, 0.3) is 0 Å². The van der Waals surface area contributed by atoms with Crippen LogP contribution in [-0.4, -0.2) is 13.0 Å². The highest BCUT2D eigenvalue weighted by Gasteiger charge is 2.18. The molecule has 0 saturated heterocycles. The molecule has 0 radical (unpaired) electrons. The van der Waals surface area contributed by atoms with Gasteiger partial charge in [0.05, 0.1) is 12.8 Å². The van der Waals surface area contributed by atoms with Gasteiger partial charge in [-0.15, -0.1) is 0 Å². The number of carbonyl (C=O) groups is 1. The molecule has 0 spiro atoms. The smallest absolute Gasteiger partial charge is 0.220 e. The van der Waals surface area contributed by atoms with Crippen molar-refractivity contribution in [1.29, 1.82) is 0 Å². The Morgan fingerprint density at radius 3 is 2.79 bits per heavy atom. The molecule has 1 aromatic carbocycles. The molecule has 4 heteroatoms. The quantitative estimate of drug-likeness (QED) is 0.801. The summed E-state index contributed by atoms with van der Waals surface area (Å²) in [6.45, 7) is 0.528. The topological polar surface area (TPSA) is 64.3 Å². The second kappa shape index (κ2) is 6.45. The normalized spacial score (nSPS) is 15.4. The second-order valence-electron chi connectivity index (χ2n) is 5.21. The van der Waals surface area contributed by atoms with Gasteiger partial charge in [-0.2, -0.15) is 0 Å². The van der Waals surface area contributed by atoms with E-state index in [1.807, 2.05) is 18.2 Å². The number of methoxy groups -OCH3 is 1. The summed E-state index contributed by atoms with van der Waals surface area (Å²) in [7, 11) is 1.59. The molecule has 1 saturated carbocycles. The average molecular weight is 262 g/mol. The number of hydrogen-bond acceptors (Lipinski definition) is 3. The molecule has 4 nitrogen and oxygen atoms in total. The summed E-state index contributed by atoms with van der Waals surface area (Å²) < 4.78 is 5.10. The van der Waals surface area contributed by atoms with E-state index in [0.717, 1.165) is 5.56 Å². The molecule has 1 aromatic rings. The van der Waals surface area contributed by atoms with Gasteiger partial charge in [-0.25, -0.2) is 0 Å². The van der Waals surface area contributed by atoms with Crippen LogP contribution < -0.4 is 15.8 Å². The van der Waals surface area contributed by atoms with Crippen molar-refractivity contribution in [2.24, 2.45) is 5.92 Å². The second-order valence-corrected chi connectivity index (χ2v) is 5.21. The summed E-state index contributed by atoms with van der Waals surface area (Å²) in [5, 5.41) is 2.96. The predicted octanol–water partition coefficient (Wildman–Crippen LogP) is 2.47. The highest BCUT2D eigenvalue weighted by molar-refractivity contribution is 5.76. The standard InChI is InChI=1S/C15H22N2O2/c1-19-14-7-6-12(8-13(14)16)10-17-15(18)9-11-4-2-3-5-11/h6-8,11H,2-5,9-10,16H2,1H3,(H,17,18). The Labute approximate surface area is 114 Å². The Kier molecular flexibility index (Phi) is 4.66. The van der Waals surface area contributed by atoms with Crippen molar-refractivity contribution >= 4 is 11.6 Å². The zero-order valence-corrected chi connectivity index (χ0v) is 11.4. The van der Waals surface area contributed by atoms with Crippen molar-refractivity contribution in [2.45, 2.75) is 38.6 Å². The lowest BCUT2D eigenvalue weighted by atomic mass is 10.0. The van der Waals surface area contributed by atoms with E-state index < -0.39 is 0 Å². The average Bonchev–Trinajstić information content (AvgIpc) is 2.89. The monoisotopic (exact) mass is 262 g/mol. The SMILES string of the molecule is COc1ccc(CNC(=O)CC2CCCC2)cc1N. The Hall–Kier alpha value is -1.71. The van der Waals surface area contributed by atoms with E-state index in [0.29, 0.717) is 30.3 Å². The fourth-order valence-electron chi connectivity index (χ4n) is 2.64. The van der Waals surface area contributed by atoms with Gasteiger partial charge >= 0.3 is 0 Å². The Morgan fingerprint density at radius 1 is 1.42 bits per heavy atom. The fourth-order valence-corrected chi connectivity index (χ4v) is 2.64. The van der Waals surface area contributed by atoms with Gasteiger partial charge in [0, 0.05) is 13.0 Å². The summed E-state index contributed by atoms with van der Waals surface area (Å²) >= 11 is 0. The lowest BCUT2D eigenvalue weighted by Gasteiger charge is -2.11. The van der Waals surface area contributed by atoms with Crippen LogP contribution in [0.4, 0.5) is 5.69 Å². The van der Waals surface area contributed by atoms with E-state index in [9.17, 15) is 4.79 Å². The molecular weight excluding hydrogens is 240 g/mol. The Bertz CT molecular complexity index is 440. The zero-order chi connectivity index (χ0) is 13.7. The molecule has 0 atom stereocenters. The molecule has 1 amide bonds. The first kappa shape index (κ1) is 13.7. The van der Waals surface area contributed by atoms with Crippen LogP contribution in [-0.2, 0) is 11.3 Å². The van der Waals surface area contributed by atoms with Crippen LogP contribution in [0.1, 0.15) is 37.7 Å². The van der Waals surface area contributed by atoms with Crippen LogP contribution >= 0.6 is 0 Å². The number of amides is 1. The first-order chi connectivity index (χ1) is 9.19. The summed E-state index contributed by atoms with van der Waals surface area (Å²) in [4.78, 5) is 11.8. The molecule has 0 aromatic heterocycles. The van der Waals surface area contributed by atoms with Gasteiger partial charge in [-0.1, -0.05) is 18.9 Å². The number of anilines is 1. The third-order valence-electron chi connectivity index (χ3n) is 3.73. The zero-order valence-electron chi connectivity index (χ0n) is 11.4. The molecule has 1 aliphatic rings. The fraction of sp³-hybridized carbons (Fsp3) is 0.533. The minimum absolute atomic E-state index is 0.140. The first-order valence-electron chi connectivity index (χ1n) is 6.88. The van der Waals surface area contributed by atoms with Crippen molar-refractivity contribution in [3.8, 4) is 5.75 Å². The summed E-state index contributed by atoms with van der Waals surface area (Å²) in [5.41, 5.74) is 7.43. The van der Waals surface area contributed by atoms with Crippen LogP contribution in [0.25, 0.3) is 0 Å². The van der Waals surface area contributed by atoms with Crippen LogP contribution in [0, 0.1) is 5.92 Å². The number of nitrogens with two attached hydrogens (primary N) is 1. The van der Waals surface area contributed by atoms with Gasteiger partial charge in [0.1, 0.15) is 5.75 Å². The van der Waals surface area contributed by atoms with E-state index in [1.165, 1.54) is 25.7 Å². The maximum absolute atomic E-state index is 11.8. The number of carbonyl (C=O) groups excluding carboxylic acids is 1. The molecule has 1 aliphatic carbocycles.